The number of rotatable bonds is 5. The van der Waals surface area contributed by atoms with Crippen LogP contribution in [0.25, 0.3) is 0 Å². The van der Waals surface area contributed by atoms with Crippen molar-refractivity contribution in [2.75, 3.05) is 25.9 Å². The number of carbonyl (C=O) groups excluding carboxylic acids is 1. The van der Waals surface area contributed by atoms with Crippen LogP contribution in [0.1, 0.15) is 37.0 Å². The van der Waals surface area contributed by atoms with Crippen LogP contribution in [0.2, 0.25) is 0 Å². The standard InChI is InChI=1S/C17H26N2O3S/c1-13-8-10-19(11-9-13)14(2)12-18-17(20)15-4-6-16(7-5-15)23(3,21)22/h4-7,13-14H,8-12H2,1-3H3,(H,18,20)/t14-/m0/s1. The molecule has 1 N–H and O–H groups in total. The zero-order valence-electron chi connectivity index (χ0n) is 14.1. The SMILES string of the molecule is CC1CCN([C@@H](C)CNC(=O)c2ccc(S(C)(=O)=O)cc2)CC1. The molecular weight excluding hydrogens is 312 g/mol. The molecule has 1 fully saturated rings. The van der Waals surface area contributed by atoms with Crippen LogP contribution in [0.4, 0.5) is 0 Å². The molecular formula is C17H26N2O3S. The Labute approximate surface area is 139 Å². The van der Waals surface area contributed by atoms with Crippen LogP contribution >= 0.6 is 0 Å². The number of hydrogen-bond acceptors (Lipinski definition) is 4. The van der Waals surface area contributed by atoms with Gasteiger partial charge in [-0.2, -0.15) is 0 Å². The van der Waals surface area contributed by atoms with Crippen molar-refractivity contribution in [2.45, 2.75) is 37.6 Å². The molecule has 1 aromatic carbocycles. The second-order valence-electron chi connectivity index (χ2n) is 6.57. The summed E-state index contributed by atoms with van der Waals surface area (Å²) in [5.74, 6) is 0.628. The molecule has 0 bridgehead atoms. The third-order valence-electron chi connectivity index (χ3n) is 4.54. The molecule has 0 aromatic heterocycles. The number of hydrogen-bond donors (Lipinski definition) is 1. The van der Waals surface area contributed by atoms with Gasteiger partial charge in [-0.05, 0) is 63.0 Å². The lowest BCUT2D eigenvalue weighted by molar-refractivity contribution is 0.0921. The summed E-state index contributed by atoms with van der Waals surface area (Å²) in [7, 11) is -3.23. The number of carbonyl (C=O) groups is 1. The average molecular weight is 338 g/mol. The first kappa shape index (κ1) is 17.9. The molecule has 5 nitrogen and oxygen atoms in total. The molecule has 0 spiro atoms. The highest BCUT2D eigenvalue weighted by Gasteiger charge is 2.20. The van der Waals surface area contributed by atoms with E-state index in [1.165, 1.54) is 25.0 Å². The highest BCUT2D eigenvalue weighted by molar-refractivity contribution is 7.90. The molecule has 23 heavy (non-hydrogen) atoms. The third kappa shape index (κ3) is 5.04. The van der Waals surface area contributed by atoms with Crippen LogP contribution < -0.4 is 5.32 Å². The monoisotopic (exact) mass is 338 g/mol. The lowest BCUT2D eigenvalue weighted by Gasteiger charge is -2.35. The number of sulfone groups is 1. The largest absolute Gasteiger partial charge is 0.350 e. The Morgan fingerprint density at radius 2 is 1.83 bits per heavy atom. The predicted molar refractivity (Wildman–Crippen MR) is 91.3 cm³/mol. The summed E-state index contributed by atoms with van der Waals surface area (Å²) in [6, 6.07) is 6.36. The third-order valence-corrected chi connectivity index (χ3v) is 5.67. The van der Waals surface area contributed by atoms with Crippen molar-refractivity contribution in [1.82, 2.24) is 10.2 Å². The van der Waals surface area contributed by atoms with Gasteiger partial charge in [-0.25, -0.2) is 8.42 Å². The molecule has 1 saturated heterocycles. The van der Waals surface area contributed by atoms with Crippen molar-refractivity contribution in [3.8, 4) is 0 Å². The molecule has 0 aliphatic carbocycles. The second kappa shape index (κ2) is 7.45. The van der Waals surface area contributed by atoms with Gasteiger partial charge in [0.25, 0.3) is 5.91 Å². The molecule has 0 unspecified atom stereocenters. The predicted octanol–water partition coefficient (Wildman–Crippen LogP) is 1.94. The van der Waals surface area contributed by atoms with Gasteiger partial charge in [0.05, 0.1) is 4.90 Å². The van der Waals surface area contributed by atoms with Crippen molar-refractivity contribution in [3.63, 3.8) is 0 Å². The van der Waals surface area contributed by atoms with Gasteiger partial charge in [0.2, 0.25) is 0 Å². The van der Waals surface area contributed by atoms with Gasteiger partial charge >= 0.3 is 0 Å². The average Bonchev–Trinajstić information content (AvgIpc) is 2.52. The van der Waals surface area contributed by atoms with Gasteiger partial charge in [0.1, 0.15) is 0 Å². The molecule has 1 aromatic rings. The van der Waals surface area contributed by atoms with E-state index in [2.05, 4.69) is 24.1 Å². The van der Waals surface area contributed by atoms with E-state index in [-0.39, 0.29) is 10.8 Å². The quantitative estimate of drug-likeness (QED) is 0.891. The van der Waals surface area contributed by atoms with Crippen LogP contribution in [-0.4, -0.2) is 51.2 Å². The summed E-state index contributed by atoms with van der Waals surface area (Å²) in [6.07, 6.45) is 3.58. The van der Waals surface area contributed by atoms with E-state index in [0.717, 1.165) is 25.3 Å². The van der Waals surface area contributed by atoms with Gasteiger partial charge in [-0.1, -0.05) is 6.92 Å². The van der Waals surface area contributed by atoms with Crippen molar-refractivity contribution in [1.29, 1.82) is 0 Å². The number of piperidine rings is 1. The van der Waals surface area contributed by atoms with Crippen LogP contribution in [0.3, 0.4) is 0 Å². The van der Waals surface area contributed by atoms with E-state index in [1.807, 2.05) is 0 Å². The summed E-state index contributed by atoms with van der Waals surface area (Å²) in [5, 5.41) is 2.94. The Bertz CT molecular complexity index is 632. The summed E-state index contributed by atoms with van der Waals surface area (Å²) in [6.45, 7) is 7.18. The van der Waals surface area contributed by atoms with E-state index >= 15 is 0 Å². The minimum absolute atomic E-state index is 0.165. The molecule has 1 atom stereocenters. The molecule has 0 radical (unpaired) electrons. The summed E-state index contributed by atoms with van der Waals surface area (Å²) >= 11 is 0. The van der Waals surface area contributed by atoms with Crippen LogP contribution in [-0.2, 0) is 9.84 Å². The van der Waals surface area contributed by atoms with Crippen LogP contribution in [0, 0.1) is 5.92 Å². The van der Waals surface area contributed by atoms with Crippen molar-refractivity contribution < 1.29 is 13.2 Å². The van der Waals surface area contributed by atoms with Gasteiger partial charge in [-0.15, -0.1) is 0 Å². The fraction of sp³-hybridized carbons (Fsp3) is 0.588. The lowest BCUT2D eigenvalue weighted by Crippen LogP contribution is -2.45. The van der Waals surface area contributed by atoms with Gasteiger partial charge < -0.3 is 5.32 Å². The Morgan fingerprint density at radius 1 is 1.26 bits per heavy atom. The van der Waals surface area contributed by atoms with E-state index in [1.54, 1.807) is 12.1 Å². The molecule has 1 aliphatic heterocycles. The number of amides is 1. The zero-order valence-corrected chi connectivity index (χ0v) is 14.9. The van der Waals surface area contributed by atoms with E-state index in [9.17, 15) is 13.2 Å². The Kier molecular flexibility index (Phi) is 5.81. The van der Waals surface area contributed by atoms with Gasteiger partial charge in [0.15, 0.2) is 9.84 Å². The van der Waals surface area contributed by atoms with E-state index < -0.39 is 9.84 Å². The number of nitrogens with zero attached hydrogens (tertiary/aromatic N) is 1. The summed E-state index contributed by atoms with van der Waals surface area (Å²) in [5.41, 5.74) is 0.483. The normalized spacial score (nSPS) is 18.6. The molecule has 0 saturated carbocycles. The Hall–Kier alpha value is -1.40. The summed E-state index contributed by atoms with van der Waals surface area (Å²) in [4.78, 5) is 14.8. The van der Waals surface area contributed by atoms with Crippen molar-refractivity contribution >= 4 is 15.7 Å². The number of benzene rings is 1. The van der Waals surface area contributed by atoms with Crippen molar-refractivity contribution in [2.24, 2.45) is 5.92 Å². The molecule has 2 rings (SSSR count). The first-order valence-corrected chi connectivity index (χ1v) is 9.99. The highest BCUT2D eigenvalue weighted by Crippen LogP contribution is 2.17. The molecule has 1 amide bonds. The number of likely N-dealkylation sites (tertiary alicyclic amines) is 1. The van der Waals surface area contributed by atoms with Crippen molar-refractivity contribution in [3.05, 3.63) is 29.8 Å². The maximum absolute atomic E-state index is 12.2. The maximum atomic E-state index is 12.2. The zero-order chi connectivity index (χ0) is 17.0. The van der Waals surface area contributed by atoms with E-state index in [0.29, 0.717) is 18.2 Å². The highest BCUT2D eigenvalue weighted by atomic mass is 32.2. The van der Waals surface area contributed by atoms with Crippen LogP contribution in [0.15, 0.2) is 29.2 Å². The fourth-order valence-electron chi connectivity index (χ4n) is 2.79. The number of nitrogens with one attached hydrogen (secondary N) is 1. The molecule has 6 heteroatoms. The lowest BCUT2D eigenvalue weighted by atomic mass is 9.98. The summed E-state index contributed by atoms with van der Waals surface area (Å²) < 4.78 is 22.8. The topological polar surface area (TPSA) is 66.5 Å². The molecule has 1 heterocycles. The van der Waals surface area contributed by atoms with Gasteiger partial charge in [-0.3, -0.25) is 9.69 Å². The minimum atomic E-state index is -3.23. The maximum Gasteiger partial charge on any atom is 0.251 e. The molecule has 128 valence electrons. The second-order valence-corrected chi connectivity index (χ2v) is 8.59. The van der Waals surface area contributed by atoms with Gasteiger partial charge in [0, 0.05) is 24.4 Å². The first-order chi connectivity index (χ1) is 10.8. The Balaban J connectivity index is 1.87. The van der Waals surface area contributed by atoms with Crippen LogP contribution in [0.5, 0.6) is 0 Å². The minimum Gasteiger partial charge on any atom is -0.350 e. The smallest absolute Gasteiger partial charge is 0.251 e. The molecule has 1 aliphatic rings. The first-order valence-electron chi connectivity index (χ1n) is 8.09. The Morgan fingerprint density at radius 3 is 2.35 bits per heavy atom. The van der Waals surface area contributed by atoms with E-state index in [4.69, 9.17) is 0 Å². The fourth-order valence-corrected chi connectivity index (χ4v) is 3.42.